The van der Waals surface area contributed by atoms with E-state index in [9.17, 15) is 4.79 Å². The van der Waals surface area contributed by atoms with Crippen molar-refractivity contribution < 1.29 is 14.3 Å². The van der Waals surface area contributed by atoms with Crippen molar-refractivity contribution in [1.82, 2.24) is 19.9 Å². The maximum absolute atomic E-state index is 12.3. The van der Waals surface area contributed by atoms with Gasteiger partial charge in [0.25, 0.3) is 6.01 Å². The van der Waals surface area contributed by atoms with E-state index in [4.69, 9.17) is 26.1 Å². The molecule has 3 aromatic rings. The molecule has 2 saturated heterocycles. The molecule has 0 aliphatic carbocycles. The summed E-state index contributed by atoms with van der Waals surface area (Å²) in [6.45, 7) is 6.86. The Bertz CT molecular complexity index is 1150. The molecule has 0 spiro atoms. The number of morpholine rings is 1. The third kappa shape index (κ3) is 5.54. The summed E-state index contributed by atoms with van der Waals surface area (Å²) in [5.74, 6) is 0.249. The van der Waals surface area contributed by atoms with E-state index in [1.165, 1.54) is 5.69 Å². The molecule has 8 nitrogen and oxygen atoms in total. The summed E-state index contributed by atoms with van der Waals surface area (Å²) < 4.78 is 11.6. The van der Waals surface area contributed by atoms with Crippen LogP contribution in [0.15, 0.2) is 30.3 Å². The molecule has 2 aromatic heterocycles. The second kappa shape index (κ2) is 10.8. The highest BCUT2D eigenvalue weighted by atomic mass is 35.5. The normalized spacial score (nSPS) is 17.2. The number of benzene rings is 1. The van der Waals surface area contributed by atoms with E-state index < -0.39 is 0 Å². The second-order valence-electron chi connectivity index (χ2n) is 9.18. The van der Waals surface area contributed by atoms with Gasteiger partial charge in [-0.05, 0) is 24.6 Å². The molecule has 0 radical (unpaired) electrons. The number of hydrogen-bond donors (Lipinski definition) is 1. The van der Waals surface area contributed by atoms with Crippen molar-refractivity contribution in [1.29, 1.82) is 0 Å². The van der Waals surface area contributed by atoms with Gasteiger partial charge in [-0.25, -0.2) is 4.98 Å². The number of halogens is 1. The van der Waals surface area contributed by atoms with Crippen LogP contribution < -0.4 is 9.64 Å². The highest BCUT2D eigenvalue weighted by Crippen LogP contribution is 2.31. The first-order valence-corrected chi connectivity index (χ1v) is 12.9. The molecule has 186 valence electrons. The standard InChI is InChI=1S/C26H32ClN5O3/c1-2-3-4-23(33)32-11-9-20(10-12-32)35-26-28-22-17-21(27)24(29-25(22)30-26)18-5-7-19(8-6-18)31-13-15-34-16-14-31/h5-8,17,20H,2-4,9-16H2,1H3,(H,28,29,30). The summed E-state index contributed by atoms with van der Waals surface area (Å²) in [4.78, 5) is 29.0. The Balaban J connectivity index is 1.25. The molecule has 35 heavy (non-hydrogen) atoms. The molecule has 0 saturated carbocycles. The van der Waals surface area contributed by atoms with E-state index >= 15 is 0 Å². The molecule has 1 N–H and O–H groups in total. The smallest absolute Gasteiger partial charge is 0.296 e. The number of piperidine rings is 1. The number of imidazole rings is 1. The number of fused-ring (bicyclic) bond motifs is 1. The molecule has 0 bridgehead atoms. The van der Waals surface area contributed by atoms with Crippen LogP contribution in [0.4, 0.5) is 5.69 Å². The topological polar surface area (TPSA) is 83.6 Å². The number of nitrogens with zero attached hydrogens (tertiary/aromatic N) is 4. The average molecular weight is 498 g/mol. The van der Waals surface area contributed by atoms with Crippen molar-refractivity contribution in [2.45, 2.75) is 45.1 Å². The van der Waals surface area contributed by atoms with Gasteiger partial charge in [0.05, 0.1) is 29.4 Å². The maximum atomic E-state index is 12.3. The molecule has 5 rings (SSSR count). The zero-order chi connectivity index (χ0) is 24.2. The maximum Gasteiger partial charge on any atom is 0.296 e. The predicted molar refractivity (Wildman–Crippen MR) is 137 cm³/mol. The minimum Gasteiger partial charge on any atom is -0.461 e. The summed E-state index contributed by atoms with van der Waals surface area (Å²) in [7, 11) is 0. The number of likely N-dealkylation sites (tertiary alicyclic amines) is 1. The van der Waals surface area contributed by atoms with Crippen molar-refractivity contribution in [2.24, 2.45) is 0 Å². The molecule has 0 atom stereocenters. The monoisotopic (exact) mass is 497 g/mol. The zero-order valence-electron chi connectivity index (χ0n) is 20.1. The fraction of sp³-hybridized carbons (Fsp3) is 0.500. The fourth-order valence-electron chi connectivity index (χ4n) is 4.67. The third-order valence-electron chi connectivity index (χ3n) is 6.74. The lowest BCUT2D eigenvalue weighted by atomic mass is 10.1. The number of amides is 1. The Morgan fingerprint density at radius 1 is 1.14 bits per heavy atom. The number of aromatic nitrogens is 3. The van der Waals surface area contributed by atoms with Gasteiger partial charge in [0.2, 0.25) is 5.91 Å². The quantitative estimate of drug-likeness (QED) is 0.510. The van der Waals surface area contributed by atoms with Crippen molar-refractivity contribution in [3.8, 4) is 17.3 Å². The number of rotatable bonds is 7. The Hall–Kier alpha value is -2.84. The average Bonchev–Trinajstić information content (AvgIpc) is 3.28. The number of carbonyl (C=O) groups is 1. The van der Waals surface area contributed by atoms with Gasteiger partial charge in [-0.2, -0.15) is 4.98 Å². The van der Waals surface area contributed by atoms with Gasteiger partial charge in [-0.1, -0.05) is 37.1 Å². The Morgan fingerprint density at radius 3 is 2.60 bits per heavy atom. The van der Waals surface area contributed by atoms with E-state index in [-0.39, 0.29) is 12.0 Å². The van der Waals surface area contributed by atoms with Crippen LogP contribution in [0.5, 0.6) is 6.01 Å². The molecule has 0 unspecified atom stereocenters. The van der Waals surface area contributed by atoms with Crippen molar-refractivity contribution in [3.05, 3.63) is 35.4 Å². The van der Waals surface area contributed by atoms with Crippen LogP contribution in [0.1, 0.15) is 39.0 Å². The van der Waals surface area contributed by atoms with Crippen LogP contribution in [0.3, 0.4) is 0 Å². The van der Waals surface area contributed by atoms with Crippen LogP contribution in [0, 0.1) is 0 Å². The van der Waals surface area contributed by atoms with E-state index in [1.54, 1.807) is 0 Å². The minimum absolute atomic E-state index is 0.0217. The van der Waals surface area contributed by atoms with Gasteiger partial charge in [-0.15, -0.1) is 0 Å². The number of H-pyrrole nitrogens is 1. The Labute approximate surface area is 210 Å². The van der Waals surface area contributed by atoms with Crippen LogP contribution in [0.2, 0.25) is 5.02 Å². The lowest BCUT2D eigenvalue weighted by Crippen LogP contribution is -2.41. The van der Waals surface area contributed by atoms with E-state index in [0.29, 0.717) is 28.8 Å². The molecular weight excluding hydrogens is 466 g/mol. The van der Waals surface area contributed by atoms with Crippen LogP contribution >= 0.6 is 11.6 Å². The summed E-state index contributed by atoms with van der Waals surface area (Å²) >= 11 is 6.59. The molecule has 1 aromatic carbocycles. The van der Waals surface area contributed by atoms with E-state index in [0.717, 1.165) is 76.2 Å². The molecule has 2 fully saturated rings. The number of ether oxygens (including phenoxy) is 2. The van der Waals surface area contributed by atoms with Gasteiger partial charge in [0, 0.05) is 56.7 Å². The number of hydrogen-bond acceptors (Lipinski definition) is 6. The Morgan fingerprint density at radius 2 is 1.89 bits per heavy atom. The lowest BCUT2D eigenvalue weighted by molar-refractivity contribution is -0.133. The summed E-state index contributed by atoms with van der Waals surface area (Å²) in [6.07, 6.45) is 4.23. The molecule has 2 aliphatic heterocycles. The van der Waals surface area contributed by atoms with Crippen LogP contribution in [0.25, 0.3) is 22.4 Å². The number of aromatic amines is 1. The highest BCUT2D eigenvalue weighted by molar-refractivity contribution is 6.33. The third-order valence-corrected chi connectivity index (χ3v) is 7.03. The number of carbonyl (C=O) groups excluding carboxylic acids is 1. The molecule has 1 amide bonds. The Kier molecular flexibility index (Phi) is 7.39. The first kappa shape index (κ1) is 23.9. The first-order valence-electron chi connectivity index (χ1n) is 12.5. The van der Waals surface area contributed by atoms with Gasteiger partial charge < -0.3 is 24.3 Å². The van der Waals surface area contributed by atoms with Gasteiger partial charge in [-0.3, -0.25) is 4.79 Å². The van der Waals surface area contributed by atoms with E-state index in [2.05, 4.69) is 33.9 Å². The molecule has 9 heteroatoms. The van der Waals surface area contributed by atoms with E-state index in [1.807, 2.05) is 23.1 Å². The number of unbranched alkanes of at least 4 members (excludes halogenated alkanes) is 1. The summed E-state index contributed by atoms with van der Waals surface area (Å²) in [5, 5.41) is 0.561. The minimum atomic E-state index is 0.0217. The molecule has 4 heterocycles. The zero-order valence-corrected chi connectivity index (χ0v) is 20.9. The van der Waals surface area contributed by atoms with Gasteiger partial charge in [0.15, 0.2) is 5.65 Å². The van der Waals surface area contributed by atoms with Crippen molar-refractivity contribution >= 4 is 34.4 Å². The lowest BCUT2D eigenvalue weighted by Gasteiger charge is -2.31. The highest BCUT2D eigenvalue weighted by Gasteiger charge is 2.24. The van der Waals surface area contributed by atoms with Gasteiger partial charge >= 0.3 is 0 Å². The summed E-state index contributed by atoms with van der Waals surface area (Å²) in [5.41, 5.74) is 4.13. The molecular formula is C26H32ClN5O3. The van der Waals surface area contributed by atoms with Crippen molar-refractivity contribution in [2.75, 3.05) is 44.3 Å². The van der Waals surface area contributed by atoms with Gasteiger partial charge in [0.1, 0.15) is 6.10 Å². The summed E-state index contributed by atoms with van der Waals surface area (Å²) in [6, 6.07) is 10.6. The number of anilines is 1. The first-order chi connectivity index (χ1) is 17.1. The van der Waals surface area contributed by atoms with Crippen LogP contribution in [-0.4, -0.2) is 71.3 Å². The fourth-order valence-corrected chi connectivity index (χ4v) is 4.93. The van der Waals surface area contributed by atoms with Crippen molar-refractivity contribution in [3.63, 3.8) is 0 Å². The molecule has 2 aliphatic rings. The predicted octanol–water partition coefficient (Wildman–Crippen LogP) is 4.67. The largest absolute Gasteiger partial charge is 0.461 e. The number of pyridine rings is 1. The SMILES string of the molecule is CCCCC(=O)N1CCC(Oc2nc3nc(-c4ccc(N5CCOCC5)cc4)c(Cl)cc3[nH]2)CC1. The van der Waals surface area contributed by atoms with Crippen LogP contribution in [-0.2, 0) is 9.53 Å². The second-order valence-corrected chi connectivity index (χ2v) is 9.59. The number of nitrogens with one attached hydrogen (secondary N) is 1.